The fourth-order valence-electron chi connectivity index (χ4n) is 5.51. The molecule has 1 saturated heterocycles. The number of carbonyl (C=O) groups is 1. The summed E-state index contributed by atoms with van der Waals surface area (Å²) in [7, 11) is 0. The smallest absolute Gasteiger partial charge is 0.271 e. The topological polar surface area (TPSA) is 49.0 Å². The Morgan fingerprint density at radius 2 is 1.84 bits per heavy atom. The molecular weight excluding hydrogens is 310 g/mol. The van der Waals surface area contributed by atoms with Crippen LogP contribution in [-0.4, -0.2) is 34.1 Å². The van der Waals surface area contributed by atoms with Crippen LogP contribution in [-0.2, 0) is 6.42 Å². The minimum Gasteiger partial charge on any atom is -0.337 e. The number of rotatable bonds is 3. The molecule has 2 heterocycles. The van der Waals surface area contributed by atoms with Crippen molar-refractivity contribution >= 4 is 5.91 Å². The van der Waals surface area contributed by atoms with Crippen molar-refractivity contribution in [2.75, 3.05) is 13.1 Å². The first-order chi connectivity index (χ1) is 12.2. The van der Waals surface area contributed by atoms with Gasteiger partial charge in [0.2, 0.25) is 0 Å². The normalized spacial score (nSPS) is 30.0. The van der Waals surface area contributed by atoms with Crippen LogP contribution in [0.15, 0.2) is 30.3 Å². The molecule has 0 spiro atoms. The van der Waals surface area contributed by atoms with Gasteiger partial charge in [0, 0.05) is 18.7 Å². The summed E-state index contributed by atoms with van der Waals surface area (Å²) in [5, 5.41) is 7.35. The Hall–Kier alpha value is -2.10. The SMILES string of the molecule is CCc1ccc(-c2cc(C(=O)N3C[C@@H]4[C@@H]5CC[C@@H](C5)[C@@H]4C3)[nH]n2)cc1. The van der Waals surface area contributed by atoms with Crippen LogP contribution in [0.1, 0.15) is 42.2 Å². The van der Waals surface area contributed by atoms with Crippen LogP contribution in [0.4, 0.5) is 0 Å². The van der Waals surface area contributed by atoms with E-state index in [9.17, 15) is 4.79 Å². The predicted octanol–water partition coefficient (Wildman–Crippen LogP) is 3.76. The Morgan fingerprint density at radius 1 is 1.16 bits per heavy atom. The van der Waals surface area contributed by atoms with E-state index < -0.39 is 0 Å². The van der Waals surface area contributed by atoms with Gasteiger partial charge in [-0.2, -0.15) is 5.10 Å². The number of amides is 1. The van der Waals surface area contributed by atoms with Gasteiger partial charge in [0.1, 0.15) is 5.69 Å². The highest BCUT2D eigenvalue weighted by atomic mass is 16.2. The van der Waals surface area contributed by atoms with Crippen LogP contribution in [0.5, 0.6) is 0 Å². The highest BCUT2D eigenvalue weighted by Gasteiger charge is 2.52. The van der Waals surface area contributed by atoms with Crippen molar-refractivity contribution in [2.24, 2.45) is 23.7 Å². The summed E-state index contributed by atoms with van der Waals surface area (Å²) in [6.45, 7) is 4.05. The second-order valence-electron chi connectivity index (χ2n) is 8.09. The van der Waals surface area contributed by atoms with Gasteiger partial charge >= 0.3 is 0 Å². The van der Waals surface area contributed by atoms with Crippen LogP contribution in [0, 0.1) is 23.7 Å². The Bertz CT molecular complexity index is 776. The van der Waals surface area contributed by atoms with Crippen molar-refractivity contribution in [1.82, 2.24) is 15.1 Å². The maximum Gasteiger partial charge on any atom is 0.271 e. The van der Waals surface area contributed by atoms with Crippen LogP contribution >= 0.6 is 0 Å². The number of aromatic amines is 1. The van der Waals surface area contributed by atoms with Crippen molar-refractivity contribution in [2.45, 2.75) is 32.6 Å². The molecule has 3 aliphatic rings. The lowest BCUT2D eigenvalue weighted by Crippen LogP contribution is -2.30. The van der Waals surface area contributed by atoms with Crippen molar-refractivity contribution in [3.8, 4) is 11.3 Å². The Labute approximate surface area is 148 Å². The van der Waals surface area contributed by atoms with Crippen molar-refractivity contribution < 1.29 is 4.79 Å². The Kier molecular flexibility index (Phi) is 3.47. The number of hydrogen-bond donors (Lipinski definition) is 1. The average molecular weight is 335 g/mol. The molecule has 25 heavy (non-hydrogen) atoms. The van der Waals surface area contributed by atoms with E-state index in [4.69, 9.17) is 0 Å². The maximum absolute atomic E-state index is 12.9. The van der Waals surface area contributed by atoms with Crippen LogP contribution in [0.2, 0.25) is 0 Å². The molecule has 3 fully saturated rings. The van der Waals surface area contributed by atoms with Gasteiger partial charge in [-0.05, 0) is 61.0 Å². The zero-order chi connectivity index (χ0) is 17.0. The summed E-state index contributed by atoms with van der Waals surface area (Å²) in [6, 6.07) is 10.3. The number of nitrogens with zero attached hydrogens (tertiary/aromatic N) is 2. The van der Waals surface area contributed by atoms with E-state index in [0.29, 0.717) is 5.69 Å². The monoisotopic (exact) mass is 335 g/mol. The maximum atomic E-state index is 12.9. The van der Waals surface area contributed by atoms with E-state index in [0.717, 1.165) is 54.4 Å². The van der Waals surface area contributed by atoms with Gasteiger partial charge in [-0.1, -0.05) is 31.2 Å². The van der Waals surface area contributed by atoms with Crippen molar-refractivity contribution in [3.05, 3.63) is 41.6 Å². The van der Waals surface area contributed by atoms with Gasteiger partial charge in [0.15, 0.2) is 0 Å². The van der Waals surface area contributed by atoms with Crippen LogP contribution in [0.25, 0.3) is 11.3 Å². The third-order valence-corrected chi connectivity index (χ3v) is 6.89. The zero-order valence-corrected chi connectivity index (χ0v) is 14.7. The highest BCUT2D eigenvalue weighted by Crippen LogP contribution is 2.55. The van der Waals surface area contributed by atoms with Crippen LogP contribution in [0.3, 0.4) is 0 Å². The lowest BCUT2D eigenvalue weighted by atomic mass is 9.82. The van der Waals surface area contributed by atoms with E-state index in [1.807, 2.05) is 6.07 Å². The number of H-pyrrole nitrogens is 1. The standard InChI is InChI=1S/C21H25N3O/c1-2-13-3-5-14(6-4-13)19-10-20(23-22-19)21(25)24-11-17-15-7-8-16(9-15)18(17)12-24/h3-6,10,15-18H,2,7-9,11-12H2,1H3,(H,22,23)/t15-,16+,17-,18+. The lowest BCUT2D eigenvalue weighted by molar-refractivity contribution is 0.0770. The van der Waals surface area contributed by atoms with Gasteiger partial charge < -0.3 is 4.90 Å². The fourth-order valence-corrected chi connectivity index (χ4v) is 5.51. The molecule has 0 unspecified atom stereocenters. The number of hydrogen-bond acceptors (Lipinski definition) is 2. The van der Waals surface area contributed by atoms with Gasteiger partial charge in [-0.3, -0.25) is 9.89 Å². The minimum atomic E-state index is 0.123. The number of aryl methyl sites for hydroxylation is 1. The summed E-state index contributed by atoms with van der Waals surface area (Å²) in [4.78, 5) is 15.0. The largest absolute Gasteiger partial charge is 0.337 e. The molecule has 130 valence electrons. The predicted molar refractivity (Wildman–Crippen MR) is 97.1 cm³/mol. The first-order valence-corrected chi connectivity index (χ1v) is 9.67. The molecule has 4 heteroatoms. The lowest BCUT2D eigenvalue weighted by Gasteiger charge is -2.22. The highest BCUT2D eigenvalue weighted by molar-refractivity contribution is 5.93. The van der Waals surface area contributed by atoms with E-state index in [2.05, 4.69) is 46.3 Å². The first kappa shape index (κ1) is 15.2. The summed E-state index contributed by atoms with van der Waals surface area (Å²) >= 11 is 0. The number of fused-ring (bicyclic) bond motifs is 5. The summed E-state index contributed by atoms with van der Waals surface area (Å²) < 4.78 is 0. The molecule has 1 aromatic carbocycles. The van der Waals surface area contributed by atoms with Crippen LogP contribution < -0.4 is 0 Å². The number of benzene rings is 1. The fraction of sp³-hybridized carbons (Fsp3) is 0.524. The molecule has 2 saturated carbocycles. The Balaban J connectivity index is 1.32. The first-order valence-electron chi connectivity index (χ1n) is 9.67. The van der Waals surface area contributed by atoms with Crippen molar-refractivity contribution in [3.63, 3.8) is 0 Å². The van der Waals surface area contributed by atoms with Gasteiger partial charge in [-0.25, -0.2) is 0 Å². The number of carbonyl (C=O) groups excluding carboxylic acids is 1. The van der Waals surface area contributed by atoms with Gasteiger partial charge in [0.25, 0.3) is 5.91 Å². The molecule has 1 N–H and O–H groups in total. The van der Waals surface area contributed by atoms with Gasteiger partial charge in [0.05, 0.1) is 5.69 Å². The molecule has 1 aromatic heterocycles. The third kappa shape index (κ3) is 2.42. The van der Waals surface area contributed by atoms with E-state index >= 15 is 0 Å². The zero-order valence-electron chi connectivity index (χ0n) is 14.7. The van der Waals surface area contributed by atoms with Gasteiger partial charge in [-0.15, -0.1) is 0 Å². The molecule has 1 aliphatic heterocycles. The van der Waals surface area contributed by atoms with E-state index in [1.165, 1.54) is 24.8 Å². The number of aromatic nitrogens is 2. The summed E-state index contributed by atoms with van der Waals surface area (Å²) in [5.74, 6) is 3.39. The molecule has 4 nitrogen and oxygen atoms in total. The Morgan fingerprint density at radius 3 is 2.48 bits per heavy atom. The van der Waals surface area contributed by atoms with Crippen molar-refractivity contribution in [1.29, 1.82) is 0 Å². The van der Waals surface area contributed by atoms with E-state index in [-0.39, 0.29) is 5.91 Å². The quantitative estimate of drug-likeness (QED) is 0.928. The average Bonchev–Trinajstić information content (AvgIpc) is 3.42. The molecule has 0 radical (unpaired) electrons. The molecule has 2 bridgehead atoms. The third-order valence-electron chi connectivity index (χ3n) is 6.89. The molecule has 4 atom stereocenters. The second-order valence-corrected chi connectivity index (χ2v) is 8.09. The number of nitrogens with one attached hydrogen (secondary N) is 1. The molecule has 2 aromatic rings. The second kappa shape index (κ2) is 5.72. The van der Waals surface area contributed by atoms with E-state index in [1.54, 1.807) is 0 Å². The summed E-state index contributed by atoms with van der Waals surface area (Å²) in [6.07, 6.45) is 5.22. The summed E-state index contributed by atoms with van der Waals surface area (Å²) in [5.41, 5.74) is 3.85. The molecular formula is C21H25N3O. The molecule has 1 amide bonds. The molecule has 2 aliphatic carbocycles. The number of likely N-dealkylation sites (tertiary alicyclic amines) is 1. The molecule has 5 rings (SSSR count). The minimum absolute atomic E-state index is 0.123.